The second kappa shape index (κ2) is 6.97. The van der Waals surface area contributed by atoms with Gasteiger partial charge in [-0.1, -0.05) is 24.3 Å². The Hall–Kier alpha value is -2.39. The van der Waals surface area contributed by atoms with E-state index in [1.54, 1.807) is 0 Å². The summed E-state index contributed by atoms with van der Waals surface area (Å²) >= 11 is 0. The number of thiophene rings is 1. The Bertz CT molecular complexity index is 1010. The van der Waals surface area contributed by atoms with Crippen molar-refractivity contribution in [3.05, 3.63) is 77.2 Å². The van der Waals surface area contributed by atoms with Crippen LogP contribution in [-0.2, 0) is 4.74 Å². The fourth-order valence-corrected chi connectivity index (χ4v) is 6.07. The average molecular weight is 378 g/mol. The standard InChI is InChI=1S/C24H25O2S/c1-17-16-19-8-4-7-11-22(19)27(17)21-14-12-18(13-15-21)23(25)26-24(2,3)20-9-5-6-10-20/h4-5,7-9,11-16,20H,6,10H2,1-3H3/q+1. The third-order valence-electron chi connectivity index (χ3n) is 5.41. The van der Waals surface area contributed by atoms with Crippen LogP contribution >= 0.6 is 10.5 Å². The van der Waals surface area contributed by atoms with Gasteiger partial charge >= 0.3 is 5.97 Å². The molecule has 4 rings (SSSR count). The van der Waals surface area contributed by atoms with Gasteiger partial charge in [0, 0.05) is 34.8 Å². The number of hydrogen-bond donors (Lipinski definition) is 0. The van der Waals surface area contributed by atoms with Crippen LogP contribution in [0.15, 0.2) is 66.7 Å². The fourth-order valence-electron chi connectivity index (χ4n) is 3.86. The van der Waals surface area contributed by atoms with E-state index >= 15 is 0 Å². The fraction of sp³-hybridized carbons (Fsp3) is 0.292. The minimum absolute atomic E-state index is 0.0530. The molecule has 0 fully saturated rings. The Labute approximate surface area is 163 Å². The Morgan fingerprint density at radius 3 is 2.56 bits per heavy atom. The largest absolute Gasteiger partial charge is 0.455 e. The van der Waals surface area contributed by atoms with Gasteiger partial charge in [0.05, 0.1) is 5.56 Å². The van der Waals surface area contributed by atoms with Crippen LogP contribution in [0.5, 0.6) is 0 Å². The van der Waals surface area contributed by atoms with Crippen molar-refractivity contribution in [3.63, 3.8) is 0 Å². The van der Waals surface area contributed by atoms with E-state index in [0.29, 0.717) is 11.5 Å². The van der Waals surface area contributed by atoms with Gasteiger partial charge in [0.2, 0.25) is 0 Å². The Kier molecular flexibility index (Phi) is 4.65. The van der Waals surface area contributed by atoms with Gasteiger partial charge in [0.15, 0.2) is 14.5 Å². The van der Waals surface area contributed by atoms with E-state index < -0.39 is 5.60 Å². The lowest BCUT2D eigenvalue weighted by Crippen LogP contribution is -2.35. The number of carbonyl (C=O) groups is 1. The van der Waals surface area contributed by atoms with Crippen molar-refractivity contribution < 1.29 is 9.53 Å². The third kappa shape index (κ3) is 3.44. The molecule has 1 aliphatic carbocycles. The molecule has 0 amide bonds. The summed E-state index contributed by atoms with van der Waals surface area (Å²) in [6.45, 7) is 6.19. The van der Waals surface area contributed by atoms with Gasteiger partial charge in [0.25, 0.3) is 0 Å². The zero-order chi connectivity index (χ0) is 19.0. The Morgan fingerprint density at radius 2 is 1.85 bits per heavy atom. The molecular formula is C24H25O2S+. The van der Waals surface area contributed by atoms with Gasteiger partial charge in [-0.05, 0) is 63.1 Å². The molecule has 27 heavy (non-hydrogen) atoms. The zero-order valence-corrected chi connectivity index (χ0v) is 16.9. The van der Waals surface area contributed by atoms with E-state index in [9.17, 15) is 4.79 Å². The molecule has 2 atom stereocenters. The van der Waals surface area contributed by atoms with E-state index in [0.717, 1.165) is 12.8 Å². The first-order chi connectivity index (χ1) is 13.0. The Morgan fingerprint density at radius 1 is 1.11 bits per heavy atom. The lowest BCUT2D eigenvalue weighted by Gasteiger charge is -2.30. The first-order valence-corrected chi connectivity index (χ1v) is 10.7. The number of esters is 1. The second-order valence-corrected chi connectivity index (χ2v) is 9.90. The maximum absolute atomic E-state index is 12.7. The van der Waals surface area contributed by atoms with E-state index in [2.05, 4.69) is 61.5 Å². The van der Waals surface area contributed by atoms with Crippen LogP contribution in [0.3, 0.4) is 0 Å². The van der Waals surface area contributed by atoms with Crippen molar-refractivity contribution in [1.29, 1.82) is 0 Å². The van der Waals surface area contributed by atoms with Gasteiger partial charge in [-0.15, -0.1) is 0 Å². The molecule has 0 saturated heterocycles. The number of rotatable bonds is 4. The summed E-state index contributed by atoms with van der Waals surface area (Å²) in [4.78, 5) is 15.3. The molecule has 0 N–H and O–H groups in total. The molecule has 138 valence electrons. The highest BCUT2D eigenvalue weighted by Gasteiger charge is 2.33. The summed E-state index contributed by atoms with van der Waals surface area (Å²) in [5.41, 5.74) is 0.139. The SMILES string of the molecule is Cc1cc2ccccc2[s+]1-c1ccc(C(=O)OC(C)(C)C2C=CCC2)cc1. The molecule has 1 aliphatic rings. The van der Waals surface area contributed by atoms with Gasteiger partial charge in [-0.3, -0.25) is 0 Å². The van der Waals surface area contributed by atoms with Crippen LogP contribution in [0.1, 0.15) is 41.9 Å². The molecule has 2 aromatic carbocycles. The van der Waals surface area contributed by atoms with Crippen molar-refractivity contribution in [3.8, 4) is 4.90 Å². The zero-order valence-electron chi connectivity index (χ0n) is 16.1. The van der Waals surface area contributed by atoms with Gasteiger partial charge in [-0.2, -0.15) is 0 Å². The monoisotopic (exact) mass is 377 g/mol. The van der Waals surface area contributed by atoms with E-state index in [4.69, 9.17) is 4.74 Å². The summed E-state index contributed by atoms with van der Waals surface area (Å²) in [7, 11) is -0.0530. The normalized spacial score (nSPS) is 17.4. The summed E-state index contributed by atoms with van der Waals surface area (Å²) in [6.07, 6.45) is 6.46. The molecule has 0 saturated carbocycles. The van der Waals surface area contributed by atoms with Crippen LogP contribution < -0.4 is 0 Å². The van der Waals surface area contributed by atoms with Gasteiger partial charge < -0.3 is 4.74 Å². The van der Waals surface area contributed by atoms with Crippen molar-refractivity contribution in [1.82, 2.24) is 0 Å². The molecule has 1 heterocycles. The predicted octanol–water partition coefficient (Wildman–Crippen LogP) is 6.79. The van der Waals surface area contributed by atoms with Crippen molar-refractivity contribution in [2.75, 3.05) is 0 Å². The van der Waals surface area contributed by atoms with Crippen LogP contribution in [0.4, 0.5) is 0 Å². The summed E-state index contributed by atoms with van der Waals surface area (Å²) in [5.74, 6) is 0.0549. The molecule has 2 nitrogen and oxygen atoms in total. The first kappa shape index (κ1) is 18.0. The number of allylic oxidation sites excluding steroid dienone is 1. The molecule has 2 unspecified atom stereocenters. The van der Waals surface area contributed by atoms with E-state index in [1.807, 2.05) is 26.0 Å². The van der Waals surface area contributed by atoms with Crippen LogP contribution in [0.25, 0.3) is 15.0 Å². The smallest absolute Gasteiger partial charge is 0.338 e. The van der Waals surface area contributed by atoms with Crippen molar-refractivity contribution >= 4 is 26.5 Å². The van der Waals surface area contributed by atoms with Crippen LogP contribution in [0.2, 0.25) is 0 Å². The lowest BCUT2D eigenvalue weighted by molar-refractivity contribution is -0.0199. The number of ether oxygens (including phenoxy) is 1. The number of carbonyl (C=O) groups excluding carboxylic acids is 1. The van der Waals surface area contributed by atoms with E-state index in [1.165, 1.54) is 19.9 Å². The quantitative estimate of drug-likeness (QED) is 0.284. The summed E-state index contributed by atoms with van der Waals surface area (Å²) < 4.78 is 7.21. The maximum atomic E-state index is 12.7. The topological polar surface area (TPSA) is 26.3 Å². The molecule has 0 radical (unpaired) electrons. The minimum Gasteiger partial charge on any atom is -0.455 e. The van der Waals surface area contributed by atoms with Gasteiger partial charge in [0.1, 0.15) is 5.60 Å². The number of fused-ring (bicyclic) bond motifs is 1. The molecular weight excluding hydrogens is 352 g/mol. The van der Waals surface area contributed by atoms with Crippen molar-refractivity contribution in [2.24, 2.45) is 5.92 Å². The highest BCUT2D eigenvalue weighted by Crippen LogP contribution is 2.43. The third-order valence-corrected chi connectivity index (χ3v) is 7.72. The van der Waals surface area contributed by atoms with Gasteiger partial charge in [-0.25, -0.2) is 4.79 Å². The van der Waals surface area contributed by atoms with Crippen LogP contribution in [-0.4, -0.2) is 11.6 Å². The lowest BCUT2D eigenvalue weighted by atomic mass is 9.90. The van der Waals surface area contributed by atoms with E-state index in [-0.39, 0.29) is 16.4 Å². The molecule has 0 aliphatic heterocycles. The molecule has 3 heteroatoms. The highest BCUT2D eigenvalue weighted by atomic mass is 32.2. The highest BCUT2D eigenvalue weighted by molar-refractivity contribution is 7.45. The Balaban J connectivity index is 1.57. The number of hydrogen-bond acceptors (Lipinski definition) is 2. The maximum Gasteiger partial charge on any atom is 0.338 e. The number of benzene rings is 2. The molecule has 0 spiro atoms. The van der Waals surface area contributed by atoms with Crippen molar-refractivity contribution in [2.45, 2.75) is 39.2 Å². The summed E-state index contributed by atoms with van der Waals surface area (Å²) in [6, 6.07) is 18.7. The molecule has 3 aromatic rings. The minimum atomic E-state index is -0.478. The predicted molar refractivity (Wildman–Crippen MR) is 114 cm³/mol. The second-order valence-electron chi connectivity index (χ2n) is 7.73. The summed E-state index contributed by atoms with van der Waals surface area (Å²) in [5, 5.41) is 1.30. The first-order valence-electron chi connectivity index (χ1n) is 9.47. The number of aryl methyl sites for hydroxylation is 1. The molecule has 1 aromatic heterocycles. The molecule has 0 bridgehead atoms. The van der Waals surface area contributed by atoms with Crippen LogP contribution in [0, 0.1) is 12.8 Å². The average Bonchev–Trinajstić information content (AvgIpc) is 3.29.